The minimum atomic E-state index is -3.16. The summed E-state index contributed by atoms with van der Waals surface area (Å²) in [6, 6.07) is 2.10. The van der Waals surface area contributed by atoms with Crippen LogP contribution >= 0.6 is 11.8 Å². The number of nitrogens with zero attached hydrogens (tertiary/aromatic N) is 1. The SMILES string of the molecule is CC(F)(F)SC1=CCC=C(OCC2(C#N)CC2)C(C(F)F)=C1CO. The highest BCUT2D eigenvalue weighted by Gasteiger charge is 2.44. The summed E-state index contributed by atoms with van der Waals surface area (Å²) < 4.78 is 59.0. The van der Waals surface area contributed by atoms with Crippen molar-refractivity contribution < 1.29 is 27.4 Å². The monoisotopic (exact) mass is 363 g/mol. The van der Waals surface area contributed by atoms with E-state index in [0.717, 1.165) is 0 Å². The number of thioether (sulfide) groups is 1. The number of ether oxygens (including phenoxy) is 1. The van der Waals surface area contributed by atoms with E-state index in [2.05, 4.69) is 6.07 Å². The Hall–Kier alpha value is -1.46. The van der Waals surface area contributed by atoms with Gasteiger partial charge in [-0.25, -0.2) is 8.78 Å². The van der Waals surface area contributed by atoms with Crippen LogP contribution in [0, 0.1) is 16.7 Å². The van der Waals surface area contributed by atoms with E-state index in [4.69, 9.17) is 10.00 Å². The van der Waals surface area contributed by atoms with Gasteiger partial charge < -0.3 is 9.84 Å². The maximum Gasteiger partial charge on any atom is 0.295 e. The molecule has 0 saturated heterocycles. The van der Waals surface area contributed by atoms with Crippen LogP contribution in [0.25, 0.3) is 0 Å². The number of aliphatic hydroxyl groups is 1. The van der Waals surface area contributed by atoms with Gasteiger partial charge in [-0.05, 0) is 25.3 Å². The number of aliphatic hydroxyl groups excluding tert-OH is 1. The molecule has 1 saturated carbocycles. The van der Waals surface area contributed by atoms with Crippen LogP contribution in [0.2, 0.25) is 0 Å². The molecule has 0 unspecified atom stereocenters. The van der Waals surface area contributed by atoms with Gasteiger partial charge in [0.25, 0.3) is 11.7 Å². The Labute approximate surface area is 141 Å². The second kappa shape index (κ2) is 7.19. The van der Waals surface area contributed by atoms with E-state index in [0.29, 0.717) is 19.8 Å². The Kier molecular flexibility index (Phi) is 5.66. The van der Waals surface area contributed by atoms with Crippen LogP contribution in [0.1, 0.15) is 26.2 Å². The van der Waals surface area contributed by atoms with Crippen molar-refractivity contribution in [1.29, 1.82) is 5.26 Å². The highest BCUT2D eigenvalue weighted by molar-refractivity contribution is 8.04. The summed E-state index contributed by atoms with van der Waals surface area (Å²) in [5.41, 5.74) is -1.50. The molecule has 0 spiro atoms. The Morgan fingerprint density at radius 1 is 1.42 bits per heavy atom. The van der Waals surface area contributed by atoms with E-state index in [1.54, 1.807) is 0 Å². The molecule has 0 aromatic heterocycles. The molecule has 0 bridgehead atoms. The van der Waals surface area contributed by atoms with Gasteiger partial charge >= 0.3 is 0 Å². The lowest BCUT2D eigenvalue weighted by Gasteiger charge is -2.20. The minimum Gasteiger partial charge on any atom is -0.492 e. The molecule has 132 valence electrons. The molecule has 8 heteroatoms. The third-order valence-corrected chi connectivity index (χ3v) is 4.75. The molecule has 1 N–H and O–H groups in total. The summed E-state index contributed by atoms with van der Waals surface area (Å²) in [5.74, 6) is -0.151. The van der Waals surface area contributed by atoms with Crippen molar-refractivity contribution in [3.05, 3.63) is 34.0 Å². The van der Waals surface area contributed by atoms with Gasteiger partial charge in [0, 0.05) is 17.4 Å². The van der Waals surface area contributed by atoms with Gasteiger partial charge in [-0.15, -0.1) is 0 Å². The van der Waals surface area contributed by atoms with Crippen LogP contribution in [-0.4, -0.2) is 30.0 Å². The Balaban J connectivity index is 2.30. The van der Waals surface area contributed by atoms with Crippen molar-refractivity contribution in [2.75, 3.05) is 13.2 Å². The summed E-state index contributed by atoms with van der Waals surface area (Å²) in [5, 5.41) is 15.4. The van der Waals surface area contributed by atoms with Gasteiger partial charge in [0.15, 0.2) is 0 Å². The predicted octanol–water partition coefficient (Wildman–Crippen LogP) is 4.38. The Morgan fingerprint density at radius 3 is 2.54 bits per heavy atom. The van der Waals surface area contributed by atoms with Gasteiger partial charge in [-0.3, -0.25) is 0 Å². The van der Waals surface area contributed by atoms with Crippen LogP contribution < -0.4 is 0 Å². The molecule has 24 heavy (non-hydrogen) atoms. The third-order valence-electron chi connectivity index (χ3n) is 3.75. The topological polar surface area (TPSA) is 53.2 Å². The number of rotatable bonds is 7. The first-order valence-electron chi connectivity index (χ1n) is 7.35. The lowest BCUT2D eigenvalue weighted by Crippen LogP contribution is -2.15. The van der Waals surface area contributed by atoms with Crippen molar-refractivity contribution in [2.45, 2.75) is 37.9 Å². The molecule has 2 rings (SSSR count). The zero-order valence-corrected chi connectivity index (χ0v) is 13.8. The number of allylic oxidation sites excluding steroid dienone is 3. The maximum atomic E-state index is 13.5. The zero-order valence-electron chi connectivity index (χ0n) is 13.0. The van der Waals surface area contributed by atoms with Crippen molar-refractivity contribution in [2.24, 2.45) is 5.41 Å². The molecule has 0 aromatic rings. The number of alkyl halides is 4. The quantitative estimate of drug-likeness (QED) is 0.682. The van der Waals surface area contributed by atoms with E-state index in [1.165, 1.54) is 12.2 Å². The highest BCUT2D eigenvalue weighted by atomic mass is 32.2. The number of halogens is 4. The van der Waals surface area contributed by atoms with Crippen LogP contribution in [0.4, 0.5) is 17.6 Å². The molecule has 1 fully saturated rings. The fourth-order valence-electron chi connectivity index (χ4n) is 2.28. The van der Waals surface area contributed by atoms with Crippen molar-refractivity contribution in [3.8, 4) is 6.07 Å². The van der Waals surface area contributed by atoms with Gasteiger partial charge in [0.05, 0.1) is 23.7 Å². The Bertz CT molecular complexity index is 625. The van der Waals surface area contributed by atoms with E-state index in [1.807, 2.05) is 0 Å². The number of hydrogen-bond donors (Lipinski definition) is 1. The first-order chi connectivity index (χ1) is 11.2. The summed E-state index contributed by atoms with van der Waals surface area (Å²) >= 11 is 0.123. The van der Waals surface area contributed by atoms with Gasteiger partial charge in [0.2, 0.25) is 0 Å². The predicted molar refractivity (Wildman–Crippen MR) is 82.3 cm³/mol. The van der Waals surface area contributed by atoms with E-state index < -0.39 is 29.3 Å². The van der Waals surface area contributed by atoms with Gasteiger partial charge in [-0.2, -0.15) is 14.0 Å². The van der Waals surface area contributed by atoms with Crippen molar-refractivity contribution in [3.63, 3.8) is 0 Å². The molecule has 0 heterocycles. The molecular formula is C16H17F4NO2S. The smallest absolute Gasteiger partial charge is 0.295 e. The van der Waals surface area contributed by atoms with E-state index in [-0.39, 0.29) is 41.0 Å². The minimum absolute atomic E-state index is 0.0311. The highest BCUT2D eigenvalue weighted by Crippen LogP contribution is 2.47. The van der Waals surface area contributed by atoms with Crippen LogP contribution in [0.3, 0.4) is 0 Å². The fraction of sp³-hybridized carbons (Fsp3) is 0.562. The zero-order chi connectivity index (χ0) is 18.0. The van der Waals surface area contributed by atoms with Crippen LogP contribution in [-0.2, 0) is 4.74 Å². The van der Waals surface area contributed by atoms with Crippen molar-refractivity contribution in [1.82, 2.24) is 0 Å². The fourth-order valence-corrected chi connectivity index (χ4v) is 3.14. The molecule has 2 aliphatic carbocycles. The normalized spacial score (nSPS) is 20.2. The first-order valence-corrected chi connectivity index (χ1v) is 8.17. The molecule has 2 aliphatic rings. The summed E-state index contributed by atoms with van der Waals surface area (Å²) in [6.07, 6.45) is 1.13. The number of nitriles is 1. The lowest BCUT2D eigenvalue weighted by molar-refractivity contribution is 0.129. The third kappa shape index (κ3) is 4.54. The van der Waals surface area contributed by atoms with Crippen molar-refractivity contribution >= 4 is 11.8 Å². The van der Waals surface area contributed by atoms with E-state index >= 15 is 0 Å². The van der Waals surface area contributed by atoms with Gasteiger partial charge in [0.1, 0.15) is 12.4 Å². The first kappa shape index (κ1) is 18.9. The Morgan fingerprint density at radius 2 is 2.08 bits per heavy atom. The summed E-state index contributed by atoms with van der Waals surface area (Å²) in [6.45, 7) is -0.176. The second-order valence-electron chi connectivity index (χ2n) is 5.81. The number of hydrogen-bond acceptors (Lipinski definition) is 4. The lowest BCUT2D eigenvalue weighted by atomic mass is 10.1. The second-order valence-corrected chi connectivity index (χ2v) is 7.17. The maximum absolute atomic E-state index is 13.5. The molecule has 0 amide bonds. The average molecular weight is 363 g/mol. The molecule has 0 aliphatic heterocycles. The largest absolute Gasteiger partial charge is 0.492 e. The van der Waals surface area contributed by atoms with E-state index in [9.17, 15) is 22.7 Å². The summed E-state index contributed by atoms with van der Waals surface area (Å²) in [7, 11) is 0. The molecule has 3 nitrogen and oxygen atoms in total. The summed E-state index contributed by atoms with van der Waals surface area (Å²) in [4.78, 5) is -0.0865. The average Bonchev–Trinajstić information content (AvgIpc) is 3.27. The molecular weight excluding hydrogens is 346 g/mol. The molecule has 0 radical (unpaired) electrons. The molecule has 0 atom stereocenters. The van der Waals surface area contributed by atoms with Gasteiger partial charge in [-0.1, -0.05) is 17.8 Å². The standard InChI is InChI=1S/C16H17F4NO2S/c1-15(19,20)24-12-4-2-3-11(13(14(17)18)10(12)7-22)23-9-16(8-21)5-6-16/h3-4,14,22H,2,5-7,9H2,1H3. The van der Waals surface area contributed by atoms with Crippen LogP contribution in [0.5, 0.6) is 0 Å². The van der Waals surface area contributed by atoms with Crippen LogP contribution in [0.15, 0.2) is 34.0 Å². The molecule has 0 aromatic carbocycles.